The number of ketones is 1. The molecule has 0 aromatic rings. The van der Waals surface area contributed by atoms with Crippen molar-refractivity contribution in [2.24, 2.45) is 5.92 Å². The summed E-state index contributed by atoms with van der Waals surface area (Å²) >= 11 is 0. The molecule has 0 aromatic carbocycles. The molecule has 0 spiro atoms. The highest BCUT2D eigenvalue weighted by atomic mass is 16.6. The number of amides is 1. The van der Waals surface area contributed by atoms with E-state index in [1.165, 1.54) is 4.90 Å². The van der Waals surface area contributed by atoms with Crippen LogP contribution < -0.4 is 0 Å². The Kier molecular flexibility index (Phi) is 5.59. The molecule has 1 saturated heterocycles. The molecule has 1 rings (SSSR count). The number of hydrogen-bond donors (Lipinski definition) is 0. The second-order valence-corrected chi connectivity index (χ2v) is 7.63. The third-order valence-corrected chi connectivity index (χ3v) is 3.01. The number of esters is 1. The molecule has 0 bridgehead atoms. The van der Waals surface area contributed by atoms with E-state index in [0.29, 0.717) is 6.54 Å². The van der Waals surface area contributed by atoms with Crippen molar-refractivity contribution in [1.82, 2.24) is 4.90 Å². The van der Waals surface area contributed by atoms with Crippen molar-refractivity contribution >= 4 is 17.8 Å². The number of ether oxygens (including phenoxy) is 2. The van der Waals surface area contributed by atoms with Gasteiger partial charge in [-0.1, -0.05) is 0 Å². The van der Waals surface area contributed by atoms with E-state index in [1.54, 1.807) is 41.5 Å². The third-order valence-electron chi connectivity index (χ3n) is 3.01. The first-order valence-corrected chi connectivity index (χ1v) is 7.60. The van der Waals surface area contributed by atoms with E-state index in [4.69, 9.17) is 9.47 Å². The lowest BCUT2D eigenvalue weighted by Crippen LogP contribution is -2.46. The van der Waals surface area contributed by atoms with Crippen LogP contribution in [0.4, 0.5) is 4.79 Å². The summed E-state index contributed by atoms with van der Waals surface area (Å²) < 4.78 is 10.5. The van der Waals surface area contributed by atoms with Crippen molar-refractivity contribution < 1.29 is 23.9 Å². The van der Waals surface area contributed by atoms with Gasteiger partial charge in [0.25, 0.3) is 0 Å². The molecular formula is C16H27NO5. The van der Waals surface area contributed by atoms with Crippen LogP contribution in [0, 0.1) is 5.92 Å². The molecule has 1 amide bonds. The predicted molar refractivity (Wildman–Crippen MR) is 81.4 cm³/mol. The minimum absolute atomic E-state index is 0.00456. The van der Waals surface area contributed by atoms with Crippen molar-refractivity contribution in [3.8, 4) is 0 Å². The van der Waals surface area contributed by atoms with E-state index in [1.807, 2.05) is 0 Å². The molecule has 1 atom stereocenters. The van der Waals surface area contributed by atoms with Gasteiger partial charge in [0.05, 0.1) is 6.42 Å². The van der Waals surface area contributed by atoms with Crippen molar-refractivity contribution in [2.45, 2.75) is 65.6 Å². The van der Waals surface area contributed by atoms with Gasteiger partial charge < -0.3 is 14.4 Å². The Morgan fingerprint density at radius 3 is 2.14 bits per heavy atom. The van der Waals surface area contributed by atoms with Crippen LogP contribution in [-0.4, -0.2) is 47.0 Å². The minimum Gasteiger partial charge on any atom is -0.460 e. The molecule has 0 aliphatic carbocycles. The van der Waals surface area contributed by atoms with Gasteiger partial charge in [-0.2, -0.15) is 0 Å². The van der Waals surface area contributed by atoms with Gasteiger partial charge in [-0.3, -0.25) is 9.59 Å². The lowest BCUT2D eigenvalue weighted by molar-refractivity contribution is -0.157. The first kappa shape index (κ1) is 18.5. The lowest BCUT2D eigenvalue weighted by Gasteiger charge is -2.33. The van der Waals surface area contributed by atoms with E-state index in [-0.39, 0.29) is 25.2 Å². The van der Waals surface area contributed by atoms with Crippen LogP contribution in [0.2, 0.25) is 0 Å². The maximum Gasteiger partial charge on any atom is 0.410 e. The standard InChI is InChI=1S/C16H27NO5/c1-15(2,3)21-13(19)9-11-10-17(8-7-12(11)18)14(20)22-16(4,5)6/h11H,7-10H2,1-6H3/t11-/m1/s1. The van der Waals surface area contributed by atoms with Crippen molar-refractivity contribution in [3.63, 3.8) is 0 Å². The zero-order valence-corrected chi connectivity index (χ0v) is 14.4. The largest absolute Gasteiger partial charge is 0.460 e. The number of piperidine rings is 1. The van der Waals surface area contributed by atoms with Crippen LogP contribution in [0.15, 0.2) is 0 Å². The smallest absolute Gasteiger partial charge is 0.410 e. The fourth-order valence-corrected chi connectivity index (χ4v) is 2.16. The summed E-state index contributed by atoms with van der Waals surface area (Å²) in [5.41, 5.74) is -1.17. The number of Topliss-reactive ketones (excluding diaryl/α,β-unsaturated/α-hetero) is 1. The summed E-state index contributed by atoms with van der Waals surface area (Å²) in [4.78, 5) is 37.4. The molecule has 0 saturated carbocycles. The SMILES string of the molecule is CC(C)(C)OC(=O)C[C@@H]1CN(C(=O)OC(C)(C)C)CCC1=O. The lowest BCUT2D eigenvalue weighted by atomic mass is 9.93. The van der Waals surface area contributed by atoms with Crippen LogP contribution in [0.25, 0.3) is 0 Å². The van der Waals surface area contributed by atoms with Crippen molar-refractivity contribution in [3.05, 3.63) is 0 Å². The summed E-state index contributed by atoms with van der Waals surface area (Å²) in [6.45, 7) is 11.2. The number of rotatable bonds is 2. The number of nitrogens with zero attached hydrogens (tertiary/aromatic N) is 1. The van der Waals surface area contributed by atoms with E-state index in [2.05, 4.69) is 0 Å². The van der Waals surface area contributed by atoms with Crippen molar-refractivity contribution in [2.75, 3.05) is 13.1 Å². The fraction of sp³-hybridized carbons (Fsp3) is 0.812. The molecule has 126 valence electrons. The van der Waals surface area contributed by atoms with Gasteiger partial charge >= 0.3 is 12.1 Å². The van der Waals surface area contributed by atoms with Gasteiger partial charge in [-0.25, -0.2) is 4.79 Å². The first-order valence-electron chi connectivity index (χ1n) is 7.60. The summed E-state index contributed by atoms with van der Waals surface area (Å²) in [6.07, 6.45) is -0.212. The van der Waals surface area contributed by atoms with Gasteiger partial charge in [0, 0.05) is 25.4 Å². The zero-order chi connectivity index (χ0) is 17.1. The van der Waals surface area contributed by atoms with Crippen molar-refractivity contribution in [1.29, 1.82) is 0 Å². The van der Waals surface area contributed by atoms with Gasteiger partial charge in [0.2, 0.25) is 0 Å². The highest BCUT2D eigenvalue weighted by Crippen LogP contribution is 2.21. The van der Waals surface area contributed by atoms with Gasteiger partial charge in [-0.15, -0.1) is 0 Å². The minimum atomic E-state index is -0.584. The van der Waals surface area contributed by atoms with Crippen LogP contribution in [0.1, 0.15) is 54.4 Å². The molecule has 1 aliphatic rings. The number of carbonyl (C=O) groups is 3. The molecule has 22 heavy (non-hydrogen) atoms. The maximum atomic E-state index is 12.1. The predicted octanol–water partition coefficient (Wildman–Crippen LogP) is 2.54. The van der Waals surface area contributed by atoms with E-state index in [9.17, 15) is 14.4 Å². The molecule has 0 aromatic heterocycles. The Hall–Kier alpha value is -1.59. The Morgan fingerprint density at radius 2 is 1.64 bits per heavy atom. The Balaban J connectivity index is 2.62. The molecule has 1 heterocycles. The normalized spacial score (nSPS) is 19.8. The van der Waals surface area contributed by atoms with Gasteiger partial charge in [-0.05, 0) is 41.5 Å². The summed E-state index contributed by atoms with van der Waals surface area (Å²) in [7, 11) is 0. The fourth-order valence-electron chi connectivity index (χ4n) is 2.16. The molecule has 0 radical (unpaired) electrons. The Morgan fingerprint density at radius 1 is 1.09 bits per heavy atom. The maximum absolute atomic E-state index is 12.1. The zero-order valence-electron chi connectivity index (χ0n) is 14.4. The molecule has 1 aliphatic heterocycles. The van der Waals surface area contributed by atoms with Crippen LogP contribution in [0.5, 0.6) is 0 Å². The quantitative estimate of drug-likeness (QED) is 0.733. The summed E-state index contributed by atoms with van der Waals surface area (Å²) in [5.74, 6) is -0.946. The average molecular weight is 313 g/mol. The summed E-state index contributed by atoms with van der Waals surface area (Å²) in [5, 5.41) is 0. The molecule has 0 N–H and O–H groups in total. The van der Waals surface area contributed by atoms with Crippen LogP contribution in [0.3, 0.4) is 0 Å². The first-order chi connectivity index (χ1) is 9.87. The molecule has 6 nitrogen and oxygen atoms in total. The number of likely N-dealkylation sites (tertiary alicyclic amines) is 1. The van der Waals surface area contributed by atoms with E-state index < -0.39 is 29.2 Å². The van der Waals surface area contributed by atoms with Gasteiger partial charge in [0.15, 0.2) is 0 Å². The number of hydrogen-bond acceptors (Lipinski definition) is 5. The van der Waals surface area contributed by atoms with E-state index in [0.717, 1.165) is 0 Å². The Labute approximate surface area is 132 Å². The van der Waals surface area contributed by atoms with E-state index >= 15 is 0 Å². The molecular weight excluding hydrogens is 286 g/mol. The highest BCUT2D eigenvalue weighted by Gasteiger charge is 2.34. The third kappa shape index (κ3) is 6.45. The second-order valence-electron chi connectivity index (χ2n) is 7.63. The molecule has 6 heteroatoms. The average Bonchev–Trinajstić information content (AvgIpc) is 2.27. The topological polar surface area (TPSA) is 72.9 Å². The van der Waals surface area contributed by atoms with Gasteiger partial charge in [0.1, 0.15) is 17.0 Å². The monoisotopic (exact) mass is 313 g/mol. The number of carbonyl (C=O) groups excluding carboxylic acids is 3. The molecule has 0 unspecified atom stereocenters. The van der Waals surface area contributed by atoms with Crippen LogP contribution in [-0.2, 0) is 19.1 Å². The van der Waals surface area contributed by atoms with Crippen LogP contribution >= 0.6 is 0 Å². The second kappa shape index (κ2) is 6.67. The Bertz CT molecular complexity index is 444. The molecule has 1 fully saturated rings. The summed E-state index contributed by atoms with van der Waals surface area (Å²) in [6, 6.07) is 0. The highest BCUT2D eigenvalue weighted by molar-refractivity contribution is 5.87.